The Kier molecular flexibility index (Phi) is 52.6. The molecule has 0 rings (SSSR count). The number of aliphatic hydroxyl groups is 1. The molecular weight excluding hydrogens is 900 g/mol. The first-order valence-electron chi connectivity index (χ1n) is 30.8. The van der Waals surface area contributed by atoms with Crippen LogP contribution in [0.2, 0.25) is 0 Å². The molecule has 1 amide bonds. The molecule has 0 fully saturated rings. The molecule has 9 heteroatoms. The summed E-state index contributed by atoms with van der Waals surface area (Å²) in [6.07, 6.45) is 69.0. The average Bonchev–Trinajstić information content (AvgIpc) is 3.33. The van der Waals surface area contributed by atoms with E-state index in [1.165, 1.54) is 212 Å². The predicted octanol–water partition coefficient (Wildman–Crippen LogP) is 18.3. The SMILES string of the molecule is CCCCCCC/C=C\C/C=C\C/C=C\CCCCCCCCC(=O)NC(COP(=O)([O-])OCC[N+](C)(C)C)C(O)CCCCCCCCCCCCCCCCCCCCCCCCCCCCCC. The molecule has 0 saturated carbocycles. The lowest BCUT2D eigenvalue weighted by Crippen LogP contribution is -2.46. The third kappa shape index (κ3) is 56.3. The molecule has 0 aliphatic heterocycles. The molecule has 0 aromatic heterocycles. The van der Waals surface area contributed by atoms with Gasteiger partial charge in [0.15, 0.2) is 0 Å². The monoisotopic (exact) mass is 1020 g/mol. The number of hydrogen-bond acceptors (Lipinski definition) is 6. The van der Waals surface area contributed by atoms with Crippen molar-refractivity contribution in [2.45, 2.75) is 315 Å². The molecule has 0 bridgehead atoms. The Hall–Kier alpha value is -1.28. The Balaban J connectivity index is 4.12. The van der Waals surface area contributed by atoms with E-state index in [1.54, 1.807) is 0 Å². The van der Waals surface area contributed by atoms with Crippen molar-refractivity contribution in [3.63, 3.8) is 0 Å². The molecular formula is C62H121N2O6P. The lowest BCUT2D eigenvalue weighted by Gasteiger charge is -2.30. The van der Waals surface area contributed by atoms with Gasteiger partial charge in [0.1, 0.15) is 13.2 Å². The van der Waals surface area contributed by atoms with Gasteiger partial charge in [-0.3, -0.25) is 9.36 Å². The van der Waals surface area contributed by atoms with Crippen LogP contribution in [0.3, 0.4) is 0 Å². The second-order valence-electron chi connectivity index (χ2n) is 22.4. The zero-order valence-corrected chi connectivity index (χ0v) is 48.8. The van der Waals surface area contributed by atoms with E-state index in [0.717, 1.165) is 64.2 Å². The molecule has 3 unspecified atom stereocenters. The molecule has 2 N–H and O–H groups in total. The zero-order chi connectivity index (χ0) is 52.0. The number of quaternary nitrogens is 1. The summed E-state index contributed by atoms with van der Waals surface area (Å²) >= 11 is 0. The normalized spacial score (nSPS) is 14.1. The highest BCUT2D eigenvalue weighted by molar-refractivity contribution is 7.45. The summed E-state index contributed by atoms with van der Waals surface area (Å²) in [5, 5.41) is 14.0. The number of phosphoric acid groups is 1. The molecule has 420 valence electrons. The number of carbonyl (C=O) groups excluding carboxylic acids is 1. The summed E-state index contributed by atoms with van der Waals surface area (Å²) in [5.74, 6) is -0.173. The third-order valence-electron chi connectivity index (χ3n) is 14.1. The number of likely N-dealkylation sites (N-methyl/N-ethyl adjacent to an activating group) is 1. The molecule has 0 heterocycles. The predicted molar refractivity (Wildman–Crippen MR) is 307 cm³/mol. The van der Waals surface area contributed by atoms with E-state index in [4.69, 9.17) is 9.05 Å². The van der Waals surface area contributed by atoms with Crippen LogP contribution < -0.4 is 10.2 Å². The number of nitrogens with zero attached hydrogens (tertiary/aromatic N) is 1. The van der Waals surface area contributed by atoms with Crippen LogP contribution in [0.1, 0.15) is 303 Å². The number of amides is 1. The van der Waals surface area contributed by atoms with Gasteiger partial charge >= 0.3 is 0 Å². The van der Waals surface area contributed by atoms with Crippen LogP contribution in [-0.4, -0.2) is 68.5 Å². The molecule has 0 aromatic carbocycles. The summed E-state index contributed by atoms with van der Waals surface area (Å²) in [6.45, 7) is 4.74. The minimum absolute atomic E-state index is 0.00936. The summed E-state index contributed by atoms with van der Waals surface area (Å²) < 4.78 is 23.5. The summed E-state index contributed by atoms with van der Waals surface area (Å²) in [7, 11) is 1.30. The lowest BCUT2D eigenvalue weighted by atomic mass is 10.0. The number of hydrogen-bond donors (Lipinski definition) is 2. The topological polar surface area (TPSA) is 108 Å². The van der Waals surface area contributed by atoms with Crippen molar-refractivity contribution < 1.29 is 32.9 Å². The molecule has 0 saturated heterocycles. The van der Waals surface area contributed by atoms with Crippen molar-refractivity contribution in [2.24, 2.45) is 0 Å². The number of allylic oxidation sites excluding steroid dienone is 6. The summed E-state index contributed by atoms with van der Waals surface area (Å²) in [6, 6.07) is -0.809. The number of phosphoric ester groups is 1. The number of aliphatic hydroxyl groups excluding tert-OH is 1. The zero-order valence-electron chi connectivity index (χ0n) is 47.9. The Morgan fingerprint density at radius 1 is 0.493 bits per heavy atom. The second kappa shape index (κ2) is 53.5. The van der Waals surface area contributed by atoms with Crippen molar-refractivity contribution in [1.82, 2.24) is 5.32 Å². The van der Waals surface area contributed by atoms with E-state index in [2.05, 4.69) is 55.6 Å². The Labute approximate surface area is 442 Å². The van der Waals surface area contributed by atoms with Gasteiger partial charge in [-0.05, 0) is 51.4 Å². The third-order valence-corrected chi connectivity index (χ3v) is 15.1. The van der Waals surface area contributed by atoms with Crippen LogP contribution in [0.15, 0.2) is 36.5 Å². The lowest BCUT2D eigenvalue weighted by molar-refractivity contribution is -0.870. The molecule has 0 radical (unpaired) electrons. The largest absolute Gasteiger partial charge is 0.756 e. The number of rotatable bonds is 57. The van der Waals surface area contributed by atoms with E-state index in [0.29, 0.717) is 23.9 Å². The Morgan fingerprint density at radius 2 is 0.817 bits per heavy atom. The fourth-order valence-electron chi connectivity index (χ4n) is 9.29. The fraction of sp³-hybridized carbons (Fsp3) is 0.887. The molecule has 0 aliphatic rings. The van der Waals surface area contributed by atoms with Gasteiger partial charge in [-0.1, -0.05) is 281 Å². The van der Waals surface area contributed by atoms with E-state index in [9.17, 15) is 19.4 Å². The Morgan fingerprint density at radius 3 is 1.18 bits per heavy atom. The van der Waals surface area contributed by atoms with Gasteiger partial charge in [0.2, 0.25) is 5.91 Å². The van der Waals surface area contributed by atoms with Crippen molar-refractivity contribution in [1.29, 1.82) is 0 Å². The minimum atomic E-state index is -4.58. The first-order valence-corrected chi connectivity index (χ1v) is 32.3. The van der Waals surface area contributed by atoms with Gasteiger partial charge in [-0.25, -0.2) is 0 Å². The number of carbonyl (C=O) groups is 1. The van der Waals surface area contributed by atoms with Gasteiger partial charge in [0, 0.05) is 6.42 Å². The van der Waals surface area contributed by atoms with Gasteiger partial charge in [-0.2, -0.15) is 0 Å². The summed E-state index contributed by atoms with van der Waals surface area (Å²) in [5.41, 5.74) is 0. The van der Waals surface area contributed by atoms with E-state index >= 15 is 0 Å². The molecule has 3 atom stereocenters. The minimum Gasteiger partial charge on any atom is -0.756 e. The van der Waals surface area contributed by atoms with Crippen LogP contribution in [0.4, 0.5) is 0 Å². The van der Waals surface area contributed by atoms with Gasteiger partial charge in [0.25, 0.3) is 7.82 Å². The number of unbranched alkanes of at least 4 members (excludes halogenated alkanes) is 38. The van der Waals surface area contributed by atoms with Crippen LogP contribution in [0, 0.1) is 0 Å². The van der Waals surface area contributed by atoms with Crippen molar-refractivity contribution in [3.8, 4) is 0 Å². The maximum absolute atomic E-state index is 13.0. The second-order valence-corrected chi connectivity index (χ2v) is 23.8. The quantitative estimate of drug-likeness (QED) is 0.0272. The van der Waals surface area contributed by atoms with Gasteiger partial charge in [0.05, 0.1) is 39.9 Å². The molecule has 0 aromatic rings. The van der Waals surface area contributed by atoms with Crippen LogP contribution >= 0.6 is 7.82 Å². The van der Waals surface area contributed by atoms with Crippen LogP contribution in [0.25, 0.3) is 0 Å². The van der Waals surface area contributed by atoms with Crippen LogP contribution in [-0.2, 0) is 18.4 Å². The summed E-state index contributed by atoms with van der Waals surface area (Å²) in [4.78, 5) is 25.6. The first-order chi connectivity index (χ1) is 34.5. The smallest absolute Gasteiger partial charge is 0.268 e. The van der Waals surface area contributed by atoms with Gasteiger partial charge < -0.3 is 28.8 Å². The highest BCUT2D eigenvalue weighted by Gasteiger charge is 2.24. The first kappa shape index (κ1) is 69.7. The average molecular weight is 1020 g/mol. The van der Waals surface area contributed by atoms with Gasteiger partial charge in [-0.15, -0.1) is 0 Å². The highest BCUT2D eigenvalue weighted by atomic mass is 31.2. The maximum atomic E-state index is 13.0. The molecule has 0 spiro atoms. The fourth-order valence-corrected chi connectivity index (χ4v) is 10.0. The highest BCUT2D eigenvalue weighted by Crippen LogP contribution is 2.38. The Bertz CT molecular complexity index is 1250. The van der Waals surface area contributed by atoms with Crippen molar-refractivity contribution in [2.75, 3.05) is 40.9 Å². The van der Waals surface area contributed by atoms with E-state index in [1.807, 2.05) is 21.1 Å². The standard InChI is InChI=1S/C62H121N2O6P/c1-6-8-10-12-14-16-18-20-22-24-26-28-29-30-31-32-33-34-36-37-39-41-43-45-47-49-51-53-55-61(65)60(59-70-71(67,68)69-58-57-64(3,4)5)63-62(66)56-54-52-50-48-46-44-42-40-38-35-27-25-23-21-19-17-15-13-11-9-7-2/h19,21,25,27,38,40,60-61,65H,6-18,20,22-24,26,28-37,39,41-59H2,1-5H3,(H-,63,66,67,68)/b21-19-,27-25-,40-38-. The van der Waals surface area contributed by atoms with Crippen LogP contribution in [0.5, 0.6) is 0 Å². The van der Waals surface area contributed by atoms with E-state index < -0.39 is 20.0 Å². The maximum Gasteiger partial charge on any atom is 0.268 e. The number of nitrogens with one attached hydrogen (secondary N) is 1. The molecule has 8 nitrogen and oxygen atoms in total. The van der Waals surface area contributed by atoms with Crippen molar-refractivity contribution >= 4 is 13.7 Å². The van der Waals surface area contributed by atoms with Crippen molar-refractivity contribution in [3.05, 3.63) is 36.5 Å². The molecule has 71 heavy (non-hydrogen) atoms. The van der Waals surface area contributed by atoms with E-state index in [-0.39, 0.29) is 19.1 Å². The molecule has 0 aliphatic carbocycles.